The largest absolute Gasteiger partial charge is 0.481 e. The van der Waals surface area contributed by atoms with Crippen LogP contribution in [0.4, 0.5) is 0 Å². The summed E-state index contributed by atoms with van der Waals surface area (Å²) in [5.74, 6) is 0.589. The molecule has 33 heavy (non-hydrogen) atoms. The van der Waals surface area contributed by atoms with E-state index >= 15 is 0 Å². The summed E-state index contributed by atoms with van der Waals surface area (Å²) in [4.78, 5) is 4.54. The minimum Gasteiger partial charge on any atom is -0.481 e. The summed E-state index contributed by atoms with van der Waals surface area (Å²) in [6.45, 7) is 14.5. The summed E-state index contributed by atoms with van der Waals surface area (Å²) in [5.41, 5.74) is 6.10. The molecule has 0 aliphatic heterocycles. The van der Waals surface area contributed by atoms with Gasteiger partial charge in [0.05, 0.1) is 12.6 Å². The van der Waals surface area contributed by atoms with Gasteiger partial charge in [-0.15, -0.1) is 13.2 Å². The number of allylic oxidation sites excluding steroid dienone is 2. The molecule has 6 heteroatoms. The summed E-state index contributed by atoms with van der Waals surface area (Å²) < 4.78 is 8.75. The smallest absolute Gasteiger partial charge is 0.218 e. The van der Waals surface area contributed by atoms with Crippen molar-refractivity contribution >= 4 is 26.8 Å². The van der Waals surface area contributed by atoms with Crippen LogP contribution in [0.2, 0.25) is 0 Å². The number of aromatic nitrogens is 2. The van der Waals surface area contributed by atoms with Gasteiger partial charge in [0.25, 0.3) is 0 Å². The summed E-state index contributed by atoms with van der Waals surface area (Å²) >= 11 is 3.64. The molecule has 3 rings (SSSR count). The number of benzene rings is 1. The van der Waals surface area contributed by atoms with E-state index in [1.165, 1.54) is 0 Å². The van der Waals surface area contributed by atoms with Gasteiger partial charge in [0.2, 0.25) is 5.88 Å². The molecule has 0 bridgehead atoms. The first-order chi connectivity index (χ1) is 15.8. The van der Waals surface area contributed by atoms with Gasteiger partial charge in [0.1, 0.15) is 6.23 Å². The first-order valence-corrected chi connectivity index (χ1v) is 12.1. The van der Waals surface area contributed by atoms with Crippen molar-refractivity contribution in [2.75, 3.05) is 7.11 Å². The molecule has 0 saturated carbocycles. The first kappa shape index (κ1) is 25.2. The molecule has 5 nitrogen and oxygen atoms in total. The molecule has 2 heterocycles. The van der Waals surface area contributed by atoms with E-state index in [0.29, 0.717) is 18.5 Å². The lowest BCUT2D eigenvalue weighted by atomic mass is 10.0. The van der Waals surface area contributed by atoms with Crippen LogP contribution < -0.4 is 10.1 Å². The van der Waals surface area contributed by atoms with Crippen LogP contribution >= 0.6 is 15.9 Å². The molecule has 176 valence electrons. The predicted molar refractivity (Wildman–Crippen MR) is 140 cm³/mol. The van der Waals surface area contributed by atoms with Gasteiger partial charge in [-0.25, -0.2) is 4.98 Å². The van der Waals surface area contributed by atoms with Crippen molar-refractivity contribution in [3.8, 4) is 5.88 Å². The van der Waals surface area contributed by atoms with Crippen LogP contribution in [0, 0.1) is 6.92 Å². The number of aryl methyl sites for hydroxylation is 2. The van der Waals surface area contributed by atoms with Crippen molar-refractivity contribution in [3.05, 3.63) is 82.1 Å². The number of halogens is 1. The average molecular weight is 512 g/mol. The van der Waals surface area contributed by atoms with E-state index < -0.39 is 6.23 Å². The van der Waals surface area contributed by atoms with Crippen LogP contribution in [0.15, 0.2) is 54.2 Å². The number of hydrogen-bond donors (Lipinski definition) is 2. The fraction of sp³-hybridized carbons (Fsp3) is 0.370. The Kier molecular flexibility index (Phi) is 8.51. The molecule has 3 aromatic rings. The maximum absolute atomic E-state index is 11.3. The minimum absolute atomic E-state index is 0.300. The second kappa shape index (κ2) is 11.1. The van der Waals surface area contributed by atoms with E-state index in [1.54, 1.807) is 7.11 Å². The first-order valence-electron chi connectivity index (χ1n) is 11.3. The number of ether oxygens (including phenoxy) is 1. The standard InChI is InChI=1S/C27H34BrN3O2/c1-7-9-11-19-12-18(5)30-27(33-6)23(19)15-29-26(32)22-13-21(28)14-24-25(22)20(10-8-2)16-31(24)17(3)4/h7-8,12-14,16-17,26,29,32H,1-2,9-11,15H2,3-6H3. The van der Waals surface area contributed by atoms with E-state index in [0.717, 1.165) is 62.6 Å². The van der Waals surface area contributed by atoms with Crippen LogP contribution in [-0.2, 0) is 19.4 Å². The molecular formula is C27H34BrN3O2. The van der Waals surface area contributed by atoms with Gasteiger partial charge in [-0.05, 0) is 69.4 Å². The molecule has 0 aliphatic rings. The third-order valence-electron chi connectivity index (χ3n) is 5.81. The Balaban J connectivity index is 2.00. The number of fused-ring (bicyclic) bond motifs is 1. The monoisotopic (exact) mass is 511 g/mol. The molecule has 2 aromatic heterocycles. The zero-order valence-corrected chi connectivity index (χ0v) is 21.6. The predicted octanol–water partition coefficient (Wildman–Crippen LogP) is 6.32. The molecule has 1 unspecified atom stereocenters. The molecule has 2 N–H and O–H groups in total. The van der Waals surface area contributed by atoms with Gasteiger partial charge in [-0.1, -0.05) is 28.1 Å². The van der Waals surface area contributed by atoms with Crippen LogP contribution in [0.3, 0.4) is 0 Å². The minimum atomic E-state index is -0.866. The topological polar surface area (TPSA) is 59.3 Å². The van der Waals surface area contributed by atoms with E-state index in [2.05, 4.69) is 76.1 Å². The Morgan fingerprint density at radius 2 is 1.97 bits per heavy atom. The highest BCUT2D eigenvalue weighted by atomic mass is 79.9. The highest BCUT2D eigenvalue weighted by Gasteiger charge is 2.20. The van der Waals surface area contributed by atoms with E-state index in [9.17, 15) is 5.11 Å². The lowest BCUT2D eigenvalue weighted by molar-refractivity contribution is 0.138. The van der Waals surface area contributed by atoms with Gasteiger partial charge in [0.15, 0.2) is 0 Å². The summed E-state index contributed by atoms with van der Waals surface area (Å²) in [5, 5.41) is 15.7. The van der Waals surface area contributed by atoms with Crippen molar-refractivity contribution in [1.82, 2.24) is 14.9 Å². The Morgan fingerprint density at radius 3 is 2.61 bits per heavy atom. The zero-order valence-electron chi connectivity index (χ0n) is 20.0. The summed E-state index contributed by atoms with van der Waals surface area (Å²) in [6.07, 6.45) is 7.56. The van der Waals surface area contributed by atoms with Gasteiger partial charge in [0, 0.05) is 45.5 Å². The van der Waals surface area contributed by atoms with Crippen LogP contribution in [-0.4, -0.2) is 21.8 Å². The lowest BCUT2D eigenvalue weighted by Crippen LogP contribution is -2.22. The molecule has 0 fully saturated rings. The van der Waals surface area contributed by atoms with Gasteiger partial charge >= 0.3 is 0 Å². The van der Waals surface area contributed by atoms with Gasteiger partial charge in [-0.3, -0.25) is 5.32 Å². The number of methoxy groups -OCH3 is 1. The Bertz CT molecular complexity index is 1150. The Hall–Kier alpha value is -2.41. The number of hydrogen-bond acceptors (Lipinski definition) is 4. The second-order valence-corrected chi connectivity index (χ2v) is 9.47. The molecule has 0 amide bonds. The normalized spacial score (nSPS) is 12.3. The van der Waals surface area contributed by atoms with E-state index in [4.69, 9.17) is 4.74 Å². The number of rotatable bonds is 11. The van der Waals surface area contributed by atoms with Gasteiger partial charge in [-0.2, -0.15) is 0 Å². The van der Waals surface area contributed by atoms with Crippen LogP contribution in [0.25, 0.3) is 10.9 Å². The van der Waals surface area contributed by atoms with Crippen molar-refractivity contribution in [2.45, 2.75) is 58.8 Å². The highest BCUT2D eigenvalue weighted by Crippen LogP contribution is 2.34. The van der Waals surface area contributed by atoms with Crippen molar-refractivity contribution in [3.63, 3.8) is 0 Å². The maximum Gasteiger partial charge on any atom is 0.218 e. The fourth-order valence-corrected chi connectivity index (χ4v) is 4.77. The lowest BCUT2D eigenvalue weighted by Gasteiger charge is -2.19. The van der Waals surface area contributed by atoms with Crippen LogP contribution in [0.1, 0.15) is 60.5 Å². The molecule has 1 aromatic carbocycles. The summed E-state index contributed by atoms with van der Waals surface area (Å²) in [6, 6.07) is 6.48. The molecule has 0 spiro atoms. The summed E-state index contributed by atoms with van der Waals surface area (Å²) in [7, 11) is 1.63. The molecule has 0 aliphatic carbocycles. The van der Waals surface area contributed by atoms with Crippen molar-refractivity contribution < 1.29 is 9.84 Å². The molecular weight excluding hydrogens is 478 g/mol. The zero-order chi connectivity index (χ0) is 24.1. The number of aliphatic hydroxyl groups excluding tert-OH is 1. The Labute approximate surface area is 205 Å². The van der Waals surface area contributed by atoms with E-state index in [1.807, 2.05) is 25.1 Å². The molecule has 0 saturated heterocycles. The quantitative estimate of drug-likeness (QED) is 0.233. The molecule has 1 atom stereocenters. The average Bonchev–Trinajstić information content (AvgIpc) is 3.14. The van der Waals surface area contributed by atoms with Gasteiger partial charge < -0.3 is 14.4 Å². The number of pyridine rings is 1. The highest BCUT2D eigenvalue weighted by molar-refractivity contribution is 9.10. The third-order valence-corrected chi connectivity index (χ3v) is 6.27. The van der Waals surface area contributed by atoms with E-state index in [-0.39, 0.29) is 0 Å². The molecule has 0 radical (unpaired) electrons. The number of nitrogens with zero attached hydrogens (tertiary/aromatic N) is 2. The number of aliphatic hydroxyl groups is 1. The Morgan fingerprint density at radius 1 is 1.21 bits per heavy atom. The number of nitrogens with one attached hydrogen (secondary N) is 1. The SMILES string of the molecule is C=CCCc1cc(C)nc(OC)c1CNC(O)c1cc(Br)cc2c1c(CC=C)cn2C(C)C. The van der Waals surface area contributed by atoms with Crippen LogP contribution in [0.5, 0.6) is 5.88 Å². The second-order valence-electron chi connectivity index (χ2n) is 8.56. The van der Waals surface area contributed by atoms with Crippen molar-refractivity contribution in [1.29, 1.82) is 0 Å². The maximum atomic E-state index is 11.3. The third kappa shape index (κ3) is 5.57. The van der Waals surface area contributed by atoms with Crippen molar-refractivity contribution in [2.24, 2.45) is 0 Å². The fourth-order valence-electron chi connectivity index (χ4n) is 4.31.